The molecule has 0 atom stereocenters. The Morgan fingerprint density at radius 3 is 2.35 bits per heavy atom. The highest BCUT2D eigenvalue weighted by molar-refractivity contribution is 5.65. The van der Waals surface area contributed by atoms with Gasteiger partial charge in [-0.05, 0) is 37.1 Å². The van der Waals surface area contributed by atoms with Gasteiger partial charge in [-0.2, -0.15) is 15.0 Å². The third-order valence-corrected chi connectivity index (χ3v) is 3.02. The molecule has 0 saturated carbocycles. The molecule has 2 rings (SSSR count). The van der Waals surface area contributed by atoms with E-state index in [1.807, 2.05) is 40.1 Å². The second kappa shape index (κ2) is 5.32. The smallest absolute Gasteiger partial charge is 0.230 e. The Morgan fingerprint density at radius 1 is 1.05 bits per heavy atom. The Morgan fingerprint density at radius 2 is 1.75 bits per heavy atom. The zero-order valence-electron chi connectivity index (χ0n) is 12.4. The summed E-state index contributed by atoms with van der Waals surface area (Å²) in [4.78, 5) is 14.6. The van der Waals surface area contributed by atoms with Gasteiger partial charge in [0, 0.05) is 19.7 Å². The number of nitrogen functional groups attached to an aromatic ring is 1. The van der Waals surface area contributed by atoms with E-state index in [-0.39, 0.29) is 5.95 Å². The van der Waals surface area contributed by atoms with Crippen LogP contribution in [0.25, 0.3) is 11.4 Å². The lowest BCUT2D eigenvalue weighted by Crippen LogP contribution is -2.15. The molecule has 0 unspecified atom stereocenters. The highest BCUT2D eigenvalue weighted by atomic mass is 16.5. The van der Waals surface area contributed by atoms with E-state index in [0.717, 1.165) is 22.4 Å². The number of aryl methyl sites for hydroxylation is 2. The quantitative estimate of drug-likeness (QED) is 0.919. The standard InChI is InChI=1S/C14H19N5O/c1-8-7-11(20-5)9(2)6-10(8)12-16-13(15)18-14(17-12)19(3)4/h6-7H,1-5H3,(H2,15,16,17,18). The highest BCUT2D eigenvalue weighted by Gasteiger charge is 2.12. The van der Waals surface area contributed by atoms with Crippen molar-refractivity contribution in [2.75, 3.05) is 31.8 Å². The first-order valence-electron chi connectivity index (χ1n) is 6.27. The fourth-order valence-electron chi connectivity index (χ4n) is 1.95. The van der Waals surface area contributed by atoms with Crippen molar-refractivity contribution in [3.63, 3.8) is 0 Å². The average molecular weight is 273 g/mol. The first-order chi connectivity index (χ1) is 9.42. The van der Waals surface area contributed by atoms with Gasteiger partial charge in [0.05, 0.1) is 7.11 Å². The van der Waals surface area contributed by atoms with Gasteiger partial charge in [-0.25, -0.2) is 0 Å². The molecule has 2 aromatic rings. The van der Waals surface area contributed by atoms with Gasteiger partial charge >= 0.3 is 0 Å². The van der Waals surface area contributed by atoms with Crippen LogP contribution < -0.4 is 15.4 Å². The number of nitrogens with two attached hydrogens (primary N) is 1. The minimum Gasteiger partial charge on any atom is -0.496 e. The van der Waals surface area contributed by atoms with Gasteiger partial charge in [-0.15, -0.1) is 0 Å². The molecule has 6 heteroatoms. The molecule has 2 N–H and O–H groups in total. The van der Waals surface area contributed by atoms with Gasteiger partial charge in [0.1, 0.15) is 5.75 Å². The predicted octanol–water partition coefficient (Wildman–Crippen LogP) is 1.81. The topological polar surface area (TPSA) is 77.2 Å². The van der Waals surface area contributed by atoms with E-state index in [1.165, 1.54) is 0 Å². The minimum atomic E-state index is 0.214. The van der Waals surface area contributed by atoms with Gasteiger partial charge in [0.25, 0.3) is 0 Å². The number of methoxy groups -OCH3 is 1. The summed E-state index contributed by atoms with van der Waals surface area (Å²) in [5.74, 6) is 2.18. The molecule has 0 spiro atoms. The number of anilines is 2. The summed E-state index contributed by atoms with van der Waals surface area (Å²) in [6.07, 6.45) is 0. The number of rotatable bonds is 3. The normalized spacial score (nSPS) is 10.4. The summed E-state index contributed by atoms with van der Waals surface area (Å²) in [7, 11) is 5.39. The van der Waals surface area contributed by atoms with Crippen LogP contribution in [-0.2, 0) is 0 Å². The molecule has 0 bridgehead atoms. The summed E-state index contributed by atoms with van der Waals surface area (Å²) in [6, 6.07) is 3.97. The van der Waals surface area contributed by atoms with E-state index >= 15 is 0 Å². The van der Waals surface area contributed by atoms with Gasteiger partial charge in [-0.1, -0.05) is 0 Å². The van der Waals surface area contributed by atoms with E-state index < -0.39 is 0 Å². The van der Waals surface area contributed by atoms with Crippen LogP contribution in [0.4, 0.5) is 11.9 Å². The SMILES string of the molecule is COc1cc(C)c(-c2nc(N)nc(N(C)C)n2)cc1C. The second-order valence-corrected chi connectivity index (χ2v) is 4.85. The van der Waals surface area contributed by atoms with Gasteiger partial charge in [0.15, 0.2) is 5.82 Å². The van der Waals surface area contributed by atoms with Crippen LogP contribution in [0.1, 0.15) is 11.1 Å². The largest absolute Gasteiger partial charge is 0.496 e. The van der Waals surface area contributed by atoms with Crippen molar-refractivity contribution in [1.82, 2.24) is 15.0 Å². The van der Waals surface area contributed by atoms with Crippen LogP contribution in [0, 0.1) is 13.8 Å². The molecule has 0 aliphatic rings. The maximum Gasteiger partial charge on any atom is 0.230 e. The molecule has 0 amide bonds. The number of aromatic nitrogens is 3. The summed E-state index contributed by atoms with van der Waals surface area (Å²) in [5.41, 5.74) is 8.75. The molecule has 1 aromatic heterocycles. The first kappa shape index (κ1) is 14.0. The zero-order chi connectivity index (χ0) is 14.9. The molecular formula is C14H19N5O. The van der Waals surface area contributed by atoms with Crippen molar-refractivity contribution < 1.29 is 4.74 Å². The molecule has 0 fully saturated rings. The maximum absolute atomic E-state index is 5.77. The van der Waals surface area contributed by atoms with Gasteiger partial charge in [-0.3, -0.25) is 0 Å². The van der Waals surface area contributed by atoms with Crippen LogP contribution in [-0.4, -0.2) is 36.2 Å². The van der Waals surface area contributed by atoms with Crippen molar-refractivity contribution >= 4 is 11.9 Å². The molecule has 0 aliphatic heterocycles. The Bertz CT molecular complexity index is 640. The zero-order valence-corrected chi connectivity index (χ0v) is 12.4. The van der Waals surface area contributed by atoms with Crippen molar-refractivity contribution in [3.05, 3.63) is 23.3 Å². The Labute approximate surface area is 118 Å². The van der Waals surface area contributed by atoms with E-state index in [9.17, 15) is 0 Å². The van der Waals surface area contributed by atoms with Crippen LogP contribution in [0.3, 0.4) is 0 Å². The molecule has 20 heavy (non-hydrogen) atoms. The van der Waals surface area contributed by atoms with Crippen molar-refractivity contribution in [2.24, 2.45) is 0 Å². The molecule has 0 radical (unpaired) electrons. The van der Waals surface area contributed by atoms with Crippen LogP contribution >= 0.6 is 0 Å². The third kappa shape index (κ3) is 2.64. The number of nitrogens with zero attached hydrogens (tertiary/aromatic N) is 4. The number of ether oxygens (including phenoxy) is 1. The fourth-order valence-corrected chi connectivity index (χ4v) is 1.95. The molecule has 0 aliphatic carbocycles. The molecule has 106 valence electrons. The lowest BCUT2D eigenvalue weighted by molar-refractivity contribution is 0.411. The minimum absolute atomic E-state index is 0.214. The van der Waals surface area contributed by atoms with E-state index in [0.29, 0.717) is 11.8 Å². The number of hydrogen-bond acceptors (Lipinski definition) is 6. The van der Waals surface area contributed by atoms with E-state index in [2.05, 4.69) is 15.0 Å². The average Bonchev–Trinajstić information content (AvgIpc) is 2.40. The fraction of sp³-hybridized carbons (Fsp3) is 0.357. The van der Waals surface area contributed by atoms with Crippen LogP contribution in [0.2, 0.25) is 0 Å². The van der Waals surface area contributed by atoms with Crippen molar-refractivity contribution in [1.29, 1.82) is 0 Å². The van der Waals surface area contributed by atoms with Crippen molar-refractivity contribution in [3.8, 4) is 17.1 Å². The van der Waals surface area contributed by atoms with E-state index in [4.69, 9.17) is 10.5 Å². The molecular weight excluding hydrogens is 254 g/mol. The second-order valence-electron chi connectivity index (χ2n) is 4.85. The Kier molecular flexibility index (Phi) is 3.74. The predicted molar refractivity (Wildman–Crippen MR) is 80.0 cm³/mol. The lowest BCUT2D eigenvalue weighted by Gasteiger charge is -2.14. The number of benzene rings is 1. The van der Waals surface area contributed by atoms with Gasteiger partial charge < -0.3 is 15.4 Å². The summed E-state index contributed by atoms with van der Waals surface area (Å²) in [5, 5.41) is 0. The molecule has 6 nitrogen and oxygen atoms in total. The maximum atomic E-state index is 5.77. The number of hydrogen-bond donors (Lipinski definition) is 1. The monoisotopic (exact) mass is 273 g/mol. The van der Waals surface area contributed by atoms with E-state index in [1.54, 1.807) is 12.0 Å². The Balaban J connectivity index is 2.59. The summed E-state index contributed by atoms with van der Waals surface area (Å²) in [6.45, 7) is 3.98. The lowest BCUT2D eigenvalue weighted by atomic mass is 10.0. The molecule has 0 saturated heterocycles. The summed E-state index contributed by atoms with van der Waals surface area (Å²) < 4.78 is 5.32. The molecule has 1 aromatic carbocycles. The molecule has 1 heterocycles. The Hall–Kier alpha value is -2.37. The first-order valence-corrected chi connectivity index (χ1v) is 6.27. The van der Waals surface area contributed by atoms with Crippen molar-refractivity contribution in [2.45, 2.75) is 13.8 Å². The third-order valence-electron chi connectivity index (χ3n) is 3.02. The summed E-state index contributed by atoms with van der Waals surface area (Å²) >= 11 is 0. The highest BCUT2D eigenvalue weighted by Crippen LogP contribution is 2.28. The van der Waals surface area contributed by atoms with Crippen LogP contribution in [0.15, 0.2) is 12.1 Å². The van der Waals surface area contributed by atoms with Gasteiger partial charge in [0.2, 0.25) is 11.9 Å². The van der Waals surface area contributed by atoms with Crippen LogP contribution in [0.5, 0.6) is 5.75 Å².